The van der Waals surface area contributed by atoms with Crippen molar-refractivity contribution < 1.29 is 9.53 Å². The van der Waals surface area contributed by atoms with Gasteiger partial charge < -0.3 is 4.74 Å². The number of halogens is 1. The average Bonchev–Trinajstić information content (AvgIpc) is 2.77. The highest BCUT2D eigenvalue weighted by atomic mass is 79.9. The lowest BCUT2D eigenvalue weighted by Gasteiger charge is -2.17. The number of epoxide rings is 1. The first-order valence-corrected chi connectivity index (χ1v) is 5.32. The molecule has 0 aromatic rings. The SMILES string of the molecule is O=C1C(Br)=CC2=C(CCC2)C12CO2. The first kappa shape index (κ1) is 7.94. The topological polar surface area (TPSA) is 29.6 Å². The van der Waals surface area contributed by atoms with Crippen LogP contribution in [0.15, 0.2) is 21.7 Å². The van der Waals surface area contributed by atoms with E-state index in [2.05, 4.69) is 15.9 Å². The third-order valence-electron chi connectivity index (χ3n) is 3.07. The van der Waals surface area contributed by atoms with E-state index in [9.17, 15) is 4.79 Å². The largest absolute Gasteiger partial charge is 0.356 e. The number of hydrogen-bond acceptors (Lipinski definition) is 2. The minimum Gasteiger partial charge on any atom is -0.356 e. The number of allylic oxidation sites excluding steroid dienone is 2. The predicted molar refractivity (Wildman–Crippen MR) is 51.6 cm³/mol. The number of carbonyl (C=O) groups is 1. The van der Waals surface area contributed by atoms with Gasteiger partial charge in [-0.2, -0.15) is 0 Å². The van der Waals surface area contributed by atoms with Crippen LogP contribution >= 0.6 is 15.9 Å². The maximum Gasteiger partial charge on any atom is 0.208 e. The van der Waals surface area contributed by atoms with Gasteiger partial charge in [0.05, 0.1) is 11.1 Å². The van der Waals surface area contributed by atoms with Crippen LogP contribution in [0, 0.1) is 0 Å². The summed E-state index contributed by atoms with van der Waals surface area (Å²) in [6, 6.07) is 0. The Kier molecular flexibility index (Phi) is 1.43. The van der Waals surface area contributed by atoms with E-state index in [0.717, 1.165) is 12.8 Å². The molecule has 3 aliphatic rings. The van der Waals surface area contributed by atoms with Gasteiger partial charge in [-0.1, -0.05) is 0 Å². The van der Waals surface area contributed by atoms with Crippen molar-refractivity contribution in [3.05, 3.63) is 21.7 Å². The average molecular weight is 241 g/mol. The minimum atomic E-state index is -0.514. The Hall–Kier alpha value is -0.410. The molecule has 68 valence electrons. The van der Waals surface area contributed by atoms with Gasteiger partial charge in [-0.05, 0) is 52.4 Å². The highest BCUT2D eigenvalue weighted by Crippen LogP contribution is 2.49. The molecule has 0 aromatic heterocycles. The molecule has 0 bridgehead atoms. The second kappa shape index (κ2) is 2.34. The summed E-state index contributed by atoms with van der Waals surface area (Å²) >= 11 is 3.30. The van der Waals surface area contributed by atoms with E-state index in [4.69, 9.17) is 4.74 Å². The number of Topliss-reactive ketones (excluding diaryl/α,β-unsaturated/α-hetero) is 1. The van der Waals surface area contributed by atoms with E-state index in [1.807, 2.05) is 6.08 Å². The fourth-order valence-corrected chi connectivity index (χ4v) is 2.91. The van der Waals surface area contributed by atoms with Gasteiger partial charge in [-0.15, -0.1) is 0 Å². The molecule has 1 aliphatic heterocycles. The lowest BCUT2D eigenvalue weighted by molar-refractivity contribution is -0.118. The molecule has 13 heavy (non-hydrogen) atoms. The summed E-state index contributed by atoms with van der Waals surface area (Å²) in [5, 5.41) is 0. The van der Waals surface area contributed by atoms with Crippen LogP contribution in [-0.2, 0) is 9.53 Å². The van der Waals surface area contributed by atoms with Crippen molar-refractivity contribution in [2.45, 2.75) is 24.9 Å². The lowest BCUT2D eigenvalue weighted by atomic mass is 9.88. The third-order valence-corrected chi connectivity index (χ3v) is 3.65. The predicted octanol–water partition coefficient (Wildman–Crippen LogP) is 2.10. The van der Waals surface area contributed by atoms with E-state index < -0.39 is 5.60 Å². The minimum absolute atomic E-state index is 0.119. The summed E-state index contributed by atoms with van der Waals surface area (Å²) < 4.78 is 6.04. The molecule has 3 rings (SSSR count). The Labute approximate surface area is 84.8 Å². The van der Waals surface area contributed by atoms with Crippen LogP contribution in [0.25, 0.3) is 0 Å². The van der Waals surface area contributed by atoms with Crippen LogP contribution in [0.4, 0.5) is 0 Å². The monoisotopic (exact) mass is 240 g/mol. The third kappa shape index (κ3) is 0.891. The van der Waals surface area contributed by atoms with Gasteiger partial charge in [0.1, 0.15) is 0 Å². The van der Waals surface area contributed by atoms with Crippen molar-refractivity contribution in [3.8, 4) is 0 Å². The molecular weight excluding hydrogens is 232 g/mol. The molecule has 0 saturated carbocycles. The maximum absolute atomic E-state index is 11.8. The summed E-state index contributed by atoms with van der Waals surface area (Å²) in [5.74, 6) is 0.119. The highest BCUT2D eigenvalue weighted by molar-refractivity contribution is 9.12. The van der Waals surface area contributed by atoms with Crippen LogP contribution in [0.5, 0.6) is 0 Å². The Morgan fingerprint density at radius 2 is 2.23 bits per heavy atom. The van der Waals surface area contributed by atoms with Crippen molar-refractivity contribution in [1.82, 2.24) is 0 Å². The summed E-state index contributed by atoms with van der Waals surface area (Å²) in [7, 11) is 0. The number of carbonyl (C=O) groups excluding carboxylic acids is 1. The zero-order valence-corrected chi connectivity index (χ0v) is 8.69. The first-order chi connectivity index (χ1) is 6.24. The molecule has 0 aromatic carbocycles. The summed E-state index contributed by atoms with van der Waals surface area (Å²) in [6.45, 7) is 0.591. The smallest absolute Gasteiger partial charge is 0.208 e. The van der Waals surface area contributed by atoms with Gasteiger partial charge in [0, 0.05) is 0 Å². The molecule has 0 amide bonds. The van der Waals surface area contributed by atoms with Crippen LogP contribution < -0.4 is 0 Å². The lowest BCUT2D eigenvalue weighted by Crippen LogP contribution is -2.29. The van der Waals surface area contributed by atoms with Crippen molar-refractivity contribution in [1.29, 1.82) is 0 Å². The fraction of sp³-hybridized carbons (Fsp3) is 0.500. The Balaban J connectivity index is 2.16. The van der Waals surface area contributed by atoms with Crippen LogP contribution in [0.1, 0.15) is 19.3 Å². The Morgan fingerprint density at radius 3 is 2.92 bits per heavy atom. The van der Waals surface area contributed by atoms with E-state index >= 15 is 0 Å². The number of rotatable bonds is 0. The molecule has 3 heteroatoms. The Bertz CT molecular complexity index is 361. The second-order valence-corrected chi connectivity index (χ2v) is 4.65. The van der Waals surface area contributed by atoms with Gasteiger partial charge in [-0.3, -0.25) is 4.79 Å². The molecule has 0 radical (unpaired) electrons. The van der Waals surface area contributed by atoms with Gasteiger partial charge >= 0.3 is 0 Å². The number of fused-ring (bicyclic) bond motifs is 1. The van der Waals surface area contributed by atoms with E-state index in [-0.39, 0.29) is 5.78 Å². The number of ketones is 1. The van der Waals surface area contributed by atoms with Crippen molar-refractivity contribution in [2.75, 3.05) is 6.61 Å². The molecule has 2 aliphatic carbocycles. The van der Waals surface area contributed by atoms with E-state index in [0.29, 0.717) is 11.1 Å². The van der Waals surface area contributed by atoms with Gasteiger partial charge in [0.15, 0.2) is 5.60 Å². The van der Waals surface area contributed by atoms with E-state index in [1.165, 1.54) is 17.6 Å². The van der Waals surface area contributed by atoms with Gasteiger partial charge in [-0.25, -0.2) is 0 Å². The molecule has 2 nitrogen and oxygen atoms in total. The molecule has 1 heterocycles. The molecule has 1 spiro atoms. The van der Waals surface area contributed by atoms with Crippen LogP contribution in [-0.4, -0.2) is 18.0 Å². The Morgan fingerprint density at radius 1 is 1.46 bits per heavy atom. The molecule has 1 saturated heterocycles. The molecule has 1 atom stereocenters. The van der Waals surface area contributed by atoms with Crippen molar-refractivity contribution in [3.63, 3.8) is 0 Å². The van der Waals surface area contributed by atoms with Gasteiger partial charge in [0.25, 0.3) is 0 Å². The quantitative estimate of drug-likeness (QED) is 0.608. The second-order valence-electron chi connectivity index (χ2n) is 3.79. The van der Waals surface area contributed by atoms with Crippen LogP contribution in [0.2, 0.25) is 0 Å². The zero-order chi connectivity index (χ0) is 9.05. The zero-order valence-electron chi connectivity index (χ0n) is 7.10. The summed E-state index contributed by atoms with van der Waals surface area (Å²) in [4.78, 5) is 11.8. The van der Waals surface area contributed by atoms with Crippen LogP contribution in [0.3, 0.4) is 0 Å². The number of hydrogen-bond donors (Lipinski definition) is 0. The molecular formula is C10H9BrO2. The number of ether oxygens (including phenoxy) is 1. The van der Waals surface area contributed by atoms with Crippen molar-refractivity contribution in [2.24, 2.45) is 0 Å². The standard InChI is InChI=1S/C10H9BrO2/c11-8-4-6-2-1-3-7(6)10(5-13-10)9(8)12/h4H,1-3,5H2. The van der Waals surface area contributed by atoms with Crippen molar-refractivity contribution >= 4 is 21.7 Å². The maximum atomic E-state index is 11.8. The molecule has 0 N–H and O–H groups in total. The summed E-state index contributed by atoms with van der Waals surface area (Å²) in [5.41, 5.74) is 2.06. The highest BCUT2D eigenvalue weighted by Gasteiger charge is 2.58. The van der Waals surface area contributed by atoms with E-state index in [1.54, 1.807) is 0 Å². The first-order valence-electron chi connectivity index (χ1n) is 4.52. The van der Waals surface area contributed by atoms with Gasteiger partial charge in [0.2, 0.25) is 5.78 Å². The fourth-order valence-electron chi connectivity index (χ4n) is 2.31. The summed E-state index contributed by atoms with van der Waals surface area (Å²) in [6.07, 6.45) is 5.28. The molecule has 1 fully saturated rings. The normalized spacial score (nSPS) is 36.7. The molecule has 1 unspecified atom stereocenters.